The van der Waals surface area contributed by atoms with Gasteiger partial charge >= 0.3 is 0 Å². The normalized spacial score (nSPS) is 12.6. The lowest BCUT2D eigenvalue weighted by molar-refractivity contribution is -0.113. The zero-order valence-corrected chi connectivity index (χ0v) is 7.91. The number of rotatable bonds is 3. The molecule has 1 aliphatic rings. The summed E-state index contributed by atoms with van der Waals surface area (Å²) in [5, 5.41) is -0.554. The Morgan fingerprint density at radius 1 is 1.50 bits per heavy atom. The van der Waals surface area contributed by atoms with Gasteiger partial charge in [0.05, 0.1) is 0 Å². The van der Waals surface area contributed by atoms with Crippen molar-refractivity contribution >= 4 is 16.8 Å². The summed E-state index contributed by atoms with van der Waals surface area (Å²) < 4.78 is 15.4. The molecular weight excluding hydrogens is 208 g/mol. The summed E-state index contributed by atoms with van der Waals surface area (Å²) in [6.45, 7) is -0.00804. The van der Waals surface area contributed by atoms with E-state index in [9.17, 15) is 4.79 Å². The van der Waals surface area contributed by atoms with E-state index in [4.69, 9.17) is 25.8 Å². The molecule has 14 heavy (non-hydrogen) atoms. The van der Waals surface area contributed by atoms with Crippen molar-refractivity contribution < 1.29 is 19.0 Å². The van der Waals surface area contributed by atoms with E-state index in [2.05, 4.69) is 0 Å². The summed E-state index contributed by atoms with van der Waals surface area (Å²) >= 11 is 5.14. The van der Waals surface area contributed by atoms with Crippen molar-refractivity contribution in [2.75, 3.05) is 13.4 Å². The quantitative estimate of drug-likeness (QED) is 0.717. The van der Waals surface area contributed by atoms with Crippen molar-refractivity contribution in [3.63, 3.8) is 0 Å². The zero-order chi connectivity index (χ0) is 9.97. The van der Waals surface area contributed by atoms with E-state index in [1.807, 2.05) is 0 Å². The fraction of sp³-hybridized carbons (Fsp3) is 0.222. The van der Waals surface area contributed by atoms with Gasteiger partial charge in [0.25, 0.3) is 5.24 Å². The van der Waals surface area contributed by atoms with Gasteiger partial charge in [-0.3, -0.25) is 4.79 Å². The average molecular weight is 215 g/mol. The topological polar surface area (TPSA) is 44.8 Å². The first kappa shape index (κ1) is 9.15. The van der Waals surface area contributed by atoms with Crippen LogP contribution < -0.4 is 14.2 Å². The third kappa shape index (κ3) is 1.75. The molecule has 0 unspecified atom stereocenters. The molecule has 0 radical (unpaired) electrons. The van der Waals surface area contributed by atoms with E-state index >= 15 is 0 Å². The minimum atomic E-state index is -0.554. The lowest BCUT2D eigenvalue weighted by Crippen LogP contribution is -2.04. The number of para-hydroxylation sites is 1. The van der Waals surface area contributed by atoms with Gasteiger partial charge in [0.15, 0.2) is 18.1 Å². The van der Waals surface area contributed by atoms with E-state index < -0.39 is 5.24 Å². The first-order chi connectivity index (χ1) is 6.77. The molecule has 0 spiro atoms. The van der Waals surface area contributed by atoms with Gasteiger partial charge in [-0.25, -0.2) is 0 Å². The Hall–Kier alpha value is -1.42. The van der Waals surface area contributed by atoms with Gasteiger partial charge in [0.1, 0.15) is 0 Å². The fourth-order valence-electron chi connectivity index (χ4n) is 1.15. The molecule has 0 saturated carbocycles. The summed E-state index contributed by atoms with van der Waals surface area (Å²) in [6.07, 6.45) is 0. The zero-order valence-electron chi connectivity index (χ0n) is 7.16. The molecule has 74 valence electrons. The summed E-state index contributed by atoms with van der Waals surface area (Å²) in [7, 11) is 0. The lowest BCUT2D eigenvalue weighted by Gasteiger charge is -2.05. The molecule has 2 rings (SSSR count). The van der Waals surface area contributed by atoms with E-state index in [-0.39, 0.29) is 13.4 Å². The number of hydrogen-bond donors (Lipinski definition) is 0. The molecule has 4 nitrogen and oxygen atoms in total. The van der Waals surface area contributed by atoms with Crippen LogP contribution in [0, 0.1) is 0 Å². The van der Waals surface area contributed by atoms with Crippen LogP contribution in [-0.2, 0) is 4.79 Å². The SMILES string of the molecule is O=C(Cl)COc1cccc2c1OCO2. The van der Waals surface area contributed by atoms with Gasteiger partial charge < -0.3 is 14.2 Å². The Morgan fingerprint density at radius 3 is 3.14 bits per heavy atom. The van der Waals surface area contributed by atoms with Crippen LogP contribution in [0.3, 0.4) is 0 Å². The fourth-order valence-corrected chi connectivity index (χ4v) is 1.21. The number of benzene rings is 1. The van der Waals surface area contributed by atoms with E-state index in [0.29, 0.717) is 17.2 Å². The predicted octanol–water partition coefficient (Wildman–Crippen LogP) is 1.56. The molecule has 1 aliphatic heterocycles. The lowest BCUT2D eigenvalue weighted by atomic mass is 10.3. The maximum Gasteiger partial charge on any atom is 0.259 e. The molecule has 0 N–H and O–H groups in total. The van der Waals surface area contributed by atoms with Crippen molar-refractivity contribution in [2.45, 2.75) is 0 Å². The number of carbonyl (C=O) groups is 1. The monoisotopic (exact) mass is 214 g/mol. The second-order valence-electron chi connectivity index (χ2n) is 2.63. The smallest absolute Gasteiger partial charge is 0.259 e. The molecule has 1 heterocycles. The van der Waals surface area contributed by atoms with Crippen LogP contribution in [-0.4, -0.2) is 18.6 Å². The second-order valence-corrected chi connectivity index (χ2v) is 3.06. The van der Waals surface area contributed by atoms with Gasteiger partial charge in [-0.15, -0.1) is 0 Å². The maximum atomic E-state index is 10.5. The first-order valence-corrected chi connectivity index (χ1v) is 4.35. The van der Waals surface area contributed by atoms with Gasteiger partial charge in [0.2, 0.25) is 12.5 Å². The third-order valence-corrected chi connectivity index (χ3v) is 1.81. The van der Waals surface area contributed by atoms with E-state index in [1.54, 1.807) is 18.2 Å². The molecule has 5 heteroatoms. The molecular formula is C9H7ClO4. The Labute approximate surface area is 85.3 Å². The minimum Gasteiger partial charge on any atom is -0.480 e. The number of fused-ring (bicyclic) bond motifs is 1. The highest BCUT2D eigenvalue weighted by Crippen LogP contribution is 2.40. The Kier molecular flexibility index (Phi) is 2.45. The first-order valence-electron chi connectivity index (χ1n) is 3.97. The molecule has 1 aromatic rings. The standard InChI is InChI=1S/C9H7ClO4/c10-8(11)4-12-6-2-1-3-7-9(6)14-5-13-7/h1-3H,4-5H2. The van der Waals surface area contributed by atoms with Crippen LogP contribution >= 0.6 is 11.6 Å². The average Bonchev–Trinajstić information content (AvgIpc) is 2.62. The van der Waals surface area contributed by atoms with Crippen LogP contribution in [0.4, 0.5) is 0 Å². The Balaban J connectivity index is 2.17. The molecule has 0 atom stereocenters. The molecule has 0 aromatic heterocycles. The molecule has 0 saturated heterocycles. The summed E-state index contributed by atoms with van der Waals surface area (Å²) in [6, 6.07) is 5.20. The maximum absolute atomic E-state index is 10.5. The summed E-state index contributed by atoms with van der Waals surface area (Å²) in [5.74, 6) is 1.60. The molecule has 0 fully saturated rings. The van der Waals surface area contributed by atoms with Gasteiger partial charge in [-0.2, -0.15) is 0 Å². The van der Waals surface area contributed by atoms with Crippen molar-refractivity contribution in [1.29, 1.82) is 0 Å². The molecule has 1 aromatic carbocycles. The molecule has 0 amide bonds. The van der Waals surface area contributed by atoms with Crippen molar-refractivity contribution in [3.8, 4) is 17.2 Å². The summed E-state index contributed by atoms with van der Waals surface area (Å²) in [5.41, 5.74) is 0. The van der Waals surface area contributed by atoms with Crippen molar-refractivity contribution in [1.82, 2.24) is 0 Å². The number of halogens is 1. The van der Waals surface area contributed by atoms with Crippen LogP contribution in [0.5, 0.6) is 17.2 Å². The van der Waals surface area contributed by atoms with Crippen molar-refractivity contribution in [2.24, 2.45) is 0 Å². The third-order valence-electron chi connectivity index (χ3n) is 1.70. The largest absolute Gasteiger partial charge is 0.480 e. The van der Waals surface area contributed by atoms with E-state index in [0.717, 1.165) is 0 Å². The van der Waals surface area contributed by atoms with E-state index in [1.165, 1.54) is 0 Å². The molecule has 0 bridgehead atoms. The predicted molar refractivity (Wildman–Crippen MR) is 48.9 cm³/mol. The van der Waals surface area contributed by atoms with Crippen molar-refractivity contribution in [3.05, 3.63) is 18.2 Å². The Morgan fingerprint density at radius 2 is 2.36 bits per heavy atom. The number of hydrogen-bond acceptors (Lipinski definition) is 4. The van der Waals surface area contributed by atoms with Gasteiger partial charge in [-0.1, -0.05) is 6.07 Å². The van der Waals surface area contributed by atoms with Crippen LogP contribution in [0.15, 0.2) is 18.2 Å². The molecule has 0 aliphatic carbocycles. The van der Waals surface area contributed by atoms with Crippen LogP contribution in [0.2, 0.25) is 0 Å². The summed E-state index contributed by atoms with van der Waals surface area (Å²) in [4.78, 5) is 10.5. The highest BCUT2D eigenvalue weighted by atomic mass is 35.5. The second kappa shape index (κ2) is 3.75. The highest BCUT2D eigenvalue weighted by Gasteiger charge is 2.18. The van der Waals surface area contributed by atoms with Crippen LogP contribution in [0.25, 0.3) is 0 Å². The highest BCUT2D eigenvalue weighted by molar-refractivity contribution is 6.63. The minimum absolute atomic E-state index is 0.171. The number of carbonyl (C=O) groups excluding carboxylic acids is 1. The van der Waals surface area contributed by atoms with Gasteiger partial charge in [0, 0.05) is 0 Å². The van der Waals surface area contributed by atoms with Crippen LogP contribution in [0.1, 0.15) is 0 Å². The number of ether oxygens (including phenoxy) is 3. The van der Waals surface area contributed by atoms with Gasteiger partial charge in [-0.05, 0) is 23.7 Å². The Bertz CT molecular complexity index is 364.